The standard InChI is InChI=1S/C8H10N2/c1-2-10(9)8-6-4-3-5-7-8/h2-7H,1,9H2. The maximum atomic E-state index is 5.51. The van der Waals surface area contributed by atoms with Crippen LogP contribution in [0.3, 0.4) is 0 Å². The van der Waals surface area contributed by atoms with Crippen molar-refractivity contribution in [1.29, 1.82) is 0 Å². The molecule has 0 saturated heterocycles. The molecule has 1 rings (SSSR count). The Morgan fingerprint density at radius 1 is 1.30 bits per heavy atom. The molecule has 1 aromatic carbocycles. The van der Waals surface area contributed by atoms with Crippen LogP contribution in [0.25, 0.3) is 0 Å². The van der Waals surface area contributed by atoms with E-state index in [9.17, 15) is 0 Å². The van der Waals surface area contributed by atoms with Crippen LogP contribution in [-0.4, -0.2) is 0 Å². The predicted octanol–water partition coefficient (Wildman–Crippen LogP) is 1.51. The molecule has 0 aromatic heterocycles. The first-order valence-corrected chi connectivity index (χ1v) is 3.06. The number of nitrogens with two attached hydrogens (primary N) is 1. The number of hydrogen-bond donors (Lipinski definition) is 1. The van der Waals surface area contributed by atoms with Gasteiger partial charge < -0.3 is 0 Å². The van der Waals surface area contributed by atoms with Crippen molar-refractivity contribution in [3.05, 3.63) is 43.1 Å². The molecule has 0 aliphatic heterocycles. The van der Waals surface area contributed by atoms with Gasteiger partial charge in [-0.1, -0.05) is 24.8 Å². The first-order valence-electron chi connectivity index (χ1n) is 3.06. The number of rotatable bonds is 2. The van der Waals surface area contributed by atoms with Crippen molar-refractivity contribution < 1.29 is 0 Å². The third-order valence-corrected chi connectivity index (χ3v) is 1.25. The molecule has 52 valence electrons. The second-order valence-corrected chi connectivity index (χ2v) is 1.93. The van der Waals surface area contributed by atoms with Crippen molar-refractivity contribution in [3.8, 4) is 0 Å². The van der Waals surface area contributed by atoms with Crippen LogP contribution in [0.15, 0.2) is 43.1 Å². The summed E-state index contributed by atoms with van der Waals surface area (Å²) in [5.41, 5.74) is 0.942. The lowest BCUT2D eigenvalue weighted by atomic mass is 10.3. The zero-order chi connectivity index (χ0) is 7.40. The summed E-state index contributed by atoms with van der Waals surface area (Å²) in [7, 11) is 0. The first kappa shape index (κ1) is 6.83. The summed E-state index contributed by atoms with van der Waals surface area (Å²) < 4.78 is 0. The van der Waals surface area contributed by atoms with Gasteiger partial charge in [0.2, 0.25) is 0 Å². The van der Waals surface area contributed by atoms with Crippen molar-refractivity contribution in [2.75, 3.05) is 5.01 Å². The van der Waals surface area contributed by atoms with Crippen LogP contribution >= 0.6 is 0 Å². The lowest BCUT2D eigenvalue weighted by molar-refractivity contribution is 1.08. The van der Waals surface area contributed by atoms with Crippen LogP contribution < -0.4 is 10.9 Å². The van der Waals surface area contributed by atoms with Gasteiger partial charge in [-0.05, 0) is 12.1 Å². The predicted molar refractivity (Wildman–Crippen MR) is 43.3 cm³/mol. The Kier molecular flexibility index (Phi) is 2.07. The summed E-state index contributed by atoms with van der Waals surface area (Å²) in [6, 6.07) is 9.64. The molecule has 0 radical (unpaired) electrons. The minimum Gasteiger partial charge on any atom is -0.288 e. The Bertz CT molecular complexity index is 206. The first-order chi connectivity index (χ1) is 4.84. The van der Waals surface area contributed by atoms with Gasteiger partial charge in [0, 0.05) is 6.20 Å². The Labute approximate surface area is 60.5 Å². The van der Waals surface area contributed by atoms with Crippen molar-refractivity contribution >= 4 is 5.69 Å². The Balaban J connectivity index is 2.84. The topological polar surface area (TPSA) is 29.3 Å². The van der Waals surface area contributed by atoms with Crippen LogP contribution in [0.5, 0.6) is 0 Å². The molecule has 0 spiro atoms. The summed E-state index contributed by atoms with van der Waals surface area (Å²) in [4.78, 5) is 0. The molecular weight excluding hydrogens is 124 g/mol. The molecule has 0 heterocycles. The molecule has 0 aliphatic rings. The smallest absolute Gasteiger partial charge is 0.0567 e. The van der Waals surface area contributed by atoms with Crippen molar-refractivity contribution in [3.63, 3.8) is 0 Å². The van der Waals surface area contributed by atoms with Gasteiger partial charge in [-0.15, -0.1) is 0 Å². The molecule has 0 fully saturated rings. The average Bonchev–Trinajstić information content (AvgIpc) is 2.05. The minimum absolute atomic E-state index is 0.942. The van der Waals surface area contributed by atoms with Gasteiger partial charge in [0.25, 0.3) is 0 Å². The molecule has 0 unspecified atom stereocenters. The van der Waals surface area contributed by atoms with E-state index in [2.05, 4.69) is 6.58 Å². The third-order valence-electron chi connectivity index (χ3n) is 1.25. The molecule has 0 saturated carbocycles. The quantitative estimate of drug-likeness (QED) is 0.490. The number of benzene rings is 1. The van der Waals surface area contributed by atoms with E-state index < -0.39 is 0 Å². The molecule has 1 aromatic rings. The van der Waals surface area contributed by atoms with Crippen LogP contribution in [0.2, 0.25) is 0 Å². The summed E-state index contributed by atoms with van der Waals surface area (Å²) in [5.74, 6) is 5.51. The van der Waals surface area contributed by atoms with Crippen LogP contribution in [0.4, 0.5) is 5.69 Å². The van der Waals surface area contributed by atoms with E-state index >= 15 is 0 Å². The summed E-state index contributed by atoms with van der Waals surface area (Å²) >= 11 is 0. The monoisotopic (exact) mass is 134 g/mol. The van der Waals surface area contributed by atoms with Crippen molar-refractivity contribution in [2.45, 2.75) is 0 Å². The third kappa shape index (κ3) is 1.36. The lowest BCUT2D eigenvalue weighted by Gasteiger charge is -2.11. The number of nitrogens with zero attached hydrogens (tertiary/aromatic N) is 1. The fraction of sp³-hybridized carbons (Fsp3) is 0. The van der Waals surface area contributed by atoms with Gasteiger partial charge in [-0.3, -0.25) is 5.01 Å². The summed E-state index contributed by atoms with van der Waals surface area (Å²) in [5, 5.41) is 1.47. The second kappa shape index (κ2) is 3.03. The number of anilines is 1. The highest BCUT2D eigenvalue weighted by Gasteiger charge is 1.91. The van der Waals surface area contributed by atoms with Gasteiger partial charge in [-0.2, -0.15) is 0 Å². The van der Waals surface area contributed by atoms with Crippen molar-refractivity contribution in [1.82, 2.24) is 0 Å². The van der Waals surface area contributed by atoms with Gasteiger partial charge >= 0.3 is 0 Å². The van der Waals surface area contributed by atoms with E-state index in [0.29, 0.717) is 0 Å². The van der Waals surface area contributed by atoms with E-state index in [-0.39, 0.29) is 0 Å². The normalized spacial score (nSPS) is 8.90. The average molecular weight is 134 g/mol. The molecule has 0 aliphatic carbocycles. The van der Waals surface area contributed by atoms with E-state index in [1.807, 2.05) is 30.3 Å². The zero-order valence-corrected chi connectivity index (χ0v) is 5.70. The van der Waals surface area contributed by atoms with Crippen molar-refractivity contribution in [2.24, 2.45) is 5.84 Å². The largest absolute Gasteiger partial charge is 0.288 e. The SMILES string of the molecule is C=CN(N)c1ccccc1. The zero-order valence-electron chi connectivity index (χ0n) is 5.70. The Hall–Kier alpha value is -1.28. The molecule has 2 nitrogen and oxygen atoms in total. The number of hydrogen-bond acceptors (Lipinski definition) is 2. The highest BCUT2D eigenvalue weighted by molar-refractivity contribution is 5.46. The Morgan fingerprint density at radius 2 is 1.90 bits per heavy atom. The summed E-state index contributed by atoms with van der Waals surface area (Å²) in [6.07, 6.45) is 1.56. The molecule has 2 heteroatoms. The fourth-order valence-electron chi connectivity index (χ4n) is 0.706. The van der Waals surface area contributed by atoms with Crippen LogP contribution in [-0.2, 0) is 0 Å². The van der Waals surface area contributed by atoms with E-state index in [1.54, 1.807) is 6.20 Å². The highest BCUT2D eigenvalue weighted by atomic mass is 15.4. The summed E-state index contributed by atoms with van der Waals surface area (Å²) in [6.45, 7) is 3.54. The molecule has 0 bridgehead atoms. The minimum atomic E-state index is 0.942. The van der Waals surface area contributed by atoms with Gasteiger partial charge in [0.1, 0.15) is 0 Å². The van der Waals surface area contributed by atoms with Crippen LogP contribution in [0, 0.1) is 0 Å². The van der Waals surface area contributed by atoms with Gasteiger partial charge in [0.05, 0.1) is 5.69 Å². The Morgan fingerprint density at radius 3 is 2.40 bits per heavy atom. The second-order valence-electron chi connectivity index (χ2n) is 1.93. The van der Waals surface area contributed by atoms with E-state index in [1.165, 1.54) is 5.01 Å². The lowest BCUT2D eigenvalue weighted by Crippen LogP contribution is -2.23. The van der Waals surface area contributed by atoms with E-state index in [0.717, 1.165) is 5.69 Å². The van der Waals surface area contributed by atoms with E-state index in [4.69, 9.17) is 5.84 Å². The molecule has 0 atom stereocenters. The highest BCUT2D eigenvalue weighted by Crippen LogP contribution is 2.07. The molecule has 10 heavy (non-hydrogen) atoms. The maximum absolute atomic E-state index is 5.51. The maximum Gasteiger partial charge on any atom is 0.0567 e. The van der Waals surface area contributed by atoms with Gasteiger partial charge in [0.15, 0.2) is 0 Å². The molecule has 2 N–H and O–H groups in total. The van der Waals surface area contributed by atoms with Crippen LogP contribution in [0.1, 0.15) is 0 Å². The molecule has 0 amide bonds. The number of hydrazine groups is 1. The number of para-hydroxylation sites is 1. The molecular formula is C8H10N2. The van der Waals surface area contributed by atoms with Gasteiger partial charge in [-0.25, -0.2) is 5.84 Å². The fourth-order valence-corrected chi connectivity index (χ4v) is 0.706.